The topological polar surface area (TPSA) is 12.5 Å². The normalized spacial score (nSPS) is 19.7. The van der Waals surface area contributed by atoms with Crippen LogP contribution in [0.3, 0.4) is 0 Å². The van der Waals surface area contributed by atoms with Crippen LogP contribution in [0.25, 0.3) is 0 Å². The molecule has 2 nitrogen and oxygen atoms in total. The van der Waals surface area contributed by atoms with E-state index in [1.807, 2.05) is 0 Å². The zero-order valence-corrected chi connectivity index (χ0v) is 8.74. The maximum atomic E-state index is 5.29. The molecule has 0 bridgehead atoms. The van der Waals surface area contributed by atoms with Crippen LogP contribution < -0.4 is 0 Å². The molecule has 0 aromatic carbocycles. The van der Waals surface area contributed by atoms with E-state index in [4.69, 9.17) is 4.74 Å². The number of rotatable bonds is 2. The van der Waals surface area contributed by atoms with Gasteiger partial charge in [0, 0.05) is 0 Å². The fourth-order valence-electron chi connectivity index (χ4n) is 1.38. The van der Waals surface area contributed by atoms with Crippen molar-refractivity contribution in [3.05, 3.63) is 21.5 Å². The summed E-state index contributed by atoms with van der Waals surface area (Å²) in [5.74, 6) is 0. The van der Waals surface area contributed by atoms with Gasteiger partial charge in [-0.05, 0) is 0 Å². The minimum atomic E-state index is 0.637. The summed E-state index contributed by atoms with van der Waals surface area (Å²) in [4.78, 5) is 4.76. The van der Waals surface area contributed by atoms with E-state index in [1.165, 1.54) is 0 Å². The molecule has 0 unspecified atom stereocenters. The fraction of sp³-hybridized carbons (Fsp3) is 0.556. The molecular formula is C9H13NOSe. The average molecular weight is 230 g/mol. The van der Waals surface area contributed by atoms with Crippen molar-refractivity contribution in [1.29, 1.82) is 0 Å². The van der Waals surface area contributed by atoms with Crippen molar-refractivity contribution in [3.8, 4) is 0 Å². The van der Waals surface area contributed by atoms with E-state index in [0.29, 0.717) is 14.5 Å². The Hall–Kier alpha value is -0.0805. The Balaban J connectivity index is 1.86. The molecular weight excluding hydrogens is 217 g/mol. The van der Waals surface area contributed by atoms with Gasteiger partial charge in [-0.2, -0.15) is 0 Å². The summed E-state index contributed by atoms with van der Waals surface area (Å²) in [6.07, 6.45) is 0. The minimum absolute atomic E-state index is 0.637. The Morgan fingerprint density at radius 3 is 2.92 bits per heavy atom. The molecule has 0 N–H and O–H groups in total. The van der Waals surface area contributed by atoms with Crippen LogP contribution in [-0.2, 0) is 11.3 Å². The van der Waals surface area contributed by atoms with Crippen LogP contribution in [0, 0.1) is 0 Å². The van der Waals surface area contributed by atoms with Crippen LogP contribution in [0.1, 0.15) is 4.44 Å². The molecule has 1 fully saturated rings. The van der Waals surface area contributed by atoms with Crippen LogP contribution in [0.15, 0.2) is 17.1 Å². The standard InChI is InChI=1S/C9H13NOSe/c1-2-9(12-7-1)8-10-3-5-11-6-4-10/h1-2,7H,3-6,8H2. The Morgan fingerprint density at radius 1 is 1.42 bits per heavy atom. The molecule has 3 heteroatoms. The van der Waals surface area contributed by atoms with E-state index in [9.17, 15) is 0 Å². The molecule has 1 aromatic heterocycles. The van der Waals surface area contributed by atoms with Gasteiger partial charge in [-0.3, -0.25) is 0 Å². The summed E-state index contributed by atoms with van der Waals surface area (Å²) in [5.41, 5.74) is 0. The van der Waals surface area contributed by atoms with Gasteiger partial charge in [0.05, 0.1) is 0 Å². The first kappa shape index (κ1) is 8.51. The molecule has 0 atom stereocenters. The van der Waals surface area contributed by atoms with Crippen molar-refractivity contribution in [3.63, 3.8) is 0 Å². The van der Waals surface area contributed by atoms with Crippen LogP contribution >= 0.6 is 0 Å². The van der Waals surface area contributed by atoms with E-state index in [1.54, 1.807) is 4.44 Å². The molecule has 1 aliphatic rings. The van der Waals surface area contributed by atoms with Crippen molar-refractivity contribution < 1.29 is 4.74 Å². The monoisotopic (exact) mass is 231 g/mol. The van der Waals surface area contributed by atoms with Gasteiger partial charge in [-0.25, -0.2) is 0 Å². The molecule has 0 spiro atoms. The van der Waals surface area contributed by atoms with Crippen molar-refractivity contribution in [1.82, 2.24) is 4.90 Å². The SMILES string of the molecule is c1c[se]c(CN2CCOCC2)c1. The van der Waals surface area contributed by atoms with E-state index in [0.717, 1.165) is 32.8 Å². The number of ether oxygens (including phenoxy) is 1. The van der Waals surface area contributed by atoms with E-state index in [-0.39, 0.29) is 0 Å². The van der Waals surface area contributed by atoms with Gasteiger partial charge in [0.25, 0.3) is 0 Å². The second kappa shape index (κ2) is 4.24. The average Bonchev–Trinajstić information content (AvgIpc) is 2.59. The zero-order chi connectivity index (χ0) is 8.23. The number of hydrogen-bond acceptors (Lipinski definition) is 2. The zero-order valence-electron chi connectivity index (χ0n) is 7.03. The first-order valence-corrected chi connectivity index (χ1v) is 6.12. The van der Waals surface area contributed by atoms with Crippen molar-refractivity contribution in [2.24, 2.45) is 0 Å². The van der Waals surface area contributed by atoms with Crippen molar-refractivity contribution in [2.45, 2.75) is 6.54 Å². The molecule has 1 saturated heterocycles. The Bertz CT molecular complexity index is 216. The summed E-state index contributed by atoms with van der Waals surface area (Å²) < 4.78 is 6.89. The van der Waals surface area contributed by atoms with E-state index in [2.05, 4.69) is 22.0 Å². The molecule has 0 aliphatic carbocycles. The quantitative estimate of drug-likeness (QED) is 0.689. The van der Waals surface area contributed by atoms with Gasteiger partial charge in [0.15, 0.2) is 0 Å². The maximum absolute atomic E-state index is 5.29. The predicted molar refractivity (Wildman–Crippen MR) is 49.5 cm³/mol. The molecule has 1 aliphatic heterocycles. The Labute approximate surface area is 78.9 Å². The van der Waals surface area contributed by atoms with Crippen LogP contribution in [0.2, 0.25) is 0 Å². The Kier molecular flexibility index (Phi) is 3.01. The summed E-state index contributed by atoms with van der Waals surface area (Å²) >= 11 is 0.637. The molecule has 12 heavy (non-hydrogen) atoms. The van der Waals surface area contributed by atoms with Gasteiger partial charge in [-0.1, -0.05) is 0 Å². The molecule has 0 amide bonds. The summed E-state index contributed by atoms with van der Waals surface area (Å²) in [7, 11) is 0. The second-order valence-electron chi connectivity index (χ2n) is 2.97. The third-order valence-electron chi connectivity index (χ3n) is 2.06. The molecule has 2 rings (SSSR count). The van der Waals surface area contributed by atoms with Crippen molar-refractivity contribution >= 4 is 14.5 Å². The van der Waals surface area contributed by atoms with Gasteiger partial charge in [0.2, 0.25) is 0 Å². The van der Waals surface area contributed by atoms with E-state index < -0.39 is 0 Å². The van der Waals surface area contributed by atoms with Gasteiger partial charge in [-0.15, -0.1) is 0 Å². The molecule has 2 heterocycles. The first-order valence-electron chi connectivity index (χ1n) is 4.27. The molecule has 1 aromatic rings. The Morgan fingerprint density at radius 2 is 2.25 bits per heavy atom. The molecule has 0 radical (unpaired) electrons. The van der Waals surface area contributed by atoms with Crippen LogP contribution in [0.4, 0.5) is 0 Å². The summed E-state index contributed by atoms with van der Waals surface area (Å²) in [6.45, 7) is 5.19. The van der Waals surface area contributed by atoms with Crippen molar-refractivity contribution in [2.75, 3.05) is 26.3 Å². The van der Waals surface area contributed by atoms with Gasteiger partial charge < -0.3 is 0 Å². The third kappa shape index (κ3) is 2.20. The van der Waals surface area contributed by atoms with Gasteiger partial charge in [0.1, 0.15) is 0 Å². The number of hydrogen-bond donors (Lipinski definition) is 0. The van der Waals surface area contributed by atoms with Crippen LogP contribution in [-0.4, -0.2) is 45.7 Å². The number of morpholine rings is 1. The van der Waals surface area contributed by atoms with Gasteiger partial charge >= 0.3 is 78.5 Å². The number of nitrogens with zero attached hydrogens (tertiary/aromatic N) is 1. The summed E-state index contributed by atoms with van der Waals surface area (Å²) in [6, 6.07) is 4.44. The predicted octanol–water partition coefficient (Wildman–Crippen LogP) is 0.576. The fourth-order valence-corrected chi connectivity index (χ4v) is 2.95. The second-order valence-corrected chi connectivity index (χ2v) is 5.13. The first-order chi connectivity index (χ1) is 5.95. The summed E-state index contributed by atoms with van der Waals surface area (Å²) in [5, 5.41) is 0. The molecule has 0 saturated carbocycles. The third-order valence-corrected chi connectivity index (χ3v) is 3.87. The molecule has 66 valence electrons. The van der Waals surface area contributed by atoms with Crippen LogP contribution in [0.5, 0.6) is 0 Å². The van der Waals surface area contributed by atoms with E-state index >= 15 is 0 Å².